The summed E-state index contributed by atoms with van der Waals surface area (Å²) in [5.41, 5.74) is 5.84. The number of nitrogens with one attached hydrogen (secondary N) is 1. The Balaban J connectivity index is 1.75. The molecule has 1 heterocycles. The maximum absolute atomic E-state index is 12.8. The first-order valence-corrected chi connectivity index (χ1v) is 12.0. The third-order valence-corrected chi connectivity index (χ3v) is 6.52. The highest BCUT2D eigenvalue weighted by atomic mass is 32.2. The minimum Gasteiger partial charge on any atom is -0.496 e. The summed E-state index contributed by atoms with van der Waals surface area (Å²) in [5.74, 6) is 1.24. The number of fused-ring (bicyclic) bond motifs is 1. The summed E-state index contributed by atoms with van der Waals surface area (Å²) in [7, 11) is 3.28. The third-order valence-electron chi connectivity index (χ3n) is 5.78. The predicted molar refractivity (Wildman–Crippen MR) is 140 cm³/mol. The Bertz CT molecular complexity index is 1370. The Morgan fingerprint density at radius 2 is 1.76 bits per heavy atom. The average Bonchev–Trinajstić information content (AvgIpc) is 3.28. The van der Waals surface area contributed by atoms with Gasteiger partial charge in [0.05, 0.1) is 20.5 Å². The summed E-state index contributed by atoms with van der Waals surface area (Å²) in [5, 5.41) is 3.86. The van der Waals surface area contributed by atoms with Crippen LogP contribution in [0.2, 0.25) is 0 Å². The van der Waals surface area contributed by atoms with Crippen molar-refractivity contribution in [1.82, 2.24) is 0 Å². The molecule has 1 aromatic heterocycles. The van der Waals surface area contributed by atoms with Crippen LogP contribution in [-0.4, -0.2) is 26.4 Å². The standard InChI is InChI=1S/C28H27NO4S/c1-17(14-26(30)29-19-10-12-20(34-5)13-11-19)22-15-23-24(21-8-6-7-9-25(21)31-3)16-33-28(23)18(2)27(22)32-4/h6-16H,1-5H3,(H,29,30)/b17-14+. The number of hydrogen-bond acceptors (Lipinski definition) is 5. The molecule has 6 heteroatoms. The van der Waals surface area contributed by atoms with Crippen LogP contribution in [0.15, 0.2) is 76.2 Å². The van der Waals surface area contributed by atoms with Crippen LogP contribution in [0.4, 0.5) is 5.69 Å². The number of carbonyl (C=O) groups excluding carboxylic acids is 1. The second-order valence-electron chi connectivity index (χ2n) is 7.85. The van der Waals surface area contributed by atoms with E-state index in [0.717, 1.165) is 55.1 Å². The summed E-state index contributed by atoms with van der Waals surface area (Å²) < 4.78 is 17.2. The fraction of sp³-hybridized carbons (Fsp3) is 0.179. The zero-order valence-corrected chi connectivity index (χ0v) is 20.7. The van der Waals surface area contributed by atoms with Crippen molar-refractivity contribution in [3.05, 3.63) is 78.1 Å². The van der Waals surface area contributed by atoms with E-state index >= 15 is 0 Å². The summed E-state index contributed by atoms with van der Waals surface area (Å²) in [4.78, 5) is 13.9. The van der Waals surface area contributed by atoms with Crippen molar-refractivity contribution in [3.8, 4) is 22.6 Å². The van der Waals surface area contributed by atoms with E-state index in [1.807, 2.05) is 74.7 Å². The van der Waals surface area contributed by atoms with Gasteiger partial charge in [0, 0.05) is 44.3 Å². The summed E-state index contributed by atoms with van der Waals surface area (Å²) in [6.07, 6.45) is 5.35. The van der Waals surface area contributed by atoms with Crippen molar-refractivity contribution in [1.29, 1.82) is 0 Å². The van der Waals surface area contributed by atoms with Gasteiger partial charge in [0.1, 0.15) is 17.1 Å². The molecule has 4 aromatic rings. The van der Waals surface area contributed by atoms with Crippen molar-refractivity contribution < 1.29 is 18.7 Å². The fourth-order valence-corrected chi connectivity index (χ4v) is 4.48. The van der Waals surface area contributed by atoms with Crippen molar-refractivity contribution in [2.24, 2.45) is 0 Å². The lowest BCUT2D eigenvalue weighted by Gasteiger charge is -2.14. The molecule has 0 unspecified atom stereocenters. The Hall–Kier alpha value is -3.64. The number of allylic oxidation sites excluding steroid dienone is 1. The monoisotopic (exact) mass is 473 g/mol. The molecule has 1 amide bonds. The van der Waals surface area contributed by atoms with Crippen LogP contribution < -0.4 is 14.8 Å². The van der Waals surface area contributed by atoms with Gasteiger partial charge >= 0.3 is 0 Å². The van der Waals surface area contributed by atoms with E-state index in [1.165, 1.54) is 0 Å². The molecule has 0 aliphatic heterocycles. The first-order chi connectivity index (χ1) is 16.5. The molecule has 0 aliphatic rings. The van der Waals surface area contributed by atoms with Gasteiger partial charge in [-0.1, -0.05) is 18.2 Å². The molecule has 3 aromatic carbocycles. The molecule has 0 bridgehead atoms. The van der Waals surface area contributed by atoms with Crippen LogP contribution in [0, 0.1) is 6.92 Å². The van der Waals surface area contributed by atoms with Crippen molar-refractivity contribution in [3.63, 3.8) is 0 Å². The zero-order chi connectivity index (χ0) is 24.2. The summed E-state index contributed by atoms with van der Waals surface area (Å²) >= 11 is 1.66. The number of aryl methyl sites for hydroxylation is 1. The van der Waals surface area contributed by atoms with Gasteiger partial charge in [-0.3, -0.25) is 4.79 Å². The van der Waals surface area contributed by atoms with Gasteiger partial charge in [-0.2, -0.15) is 0 Å². The van der Waals surface area contributed by atoms with E-state index < -0.39 is 0 Å². The minimum absolute atomic E-state index is 0.202. The van der Waals surface area contributed by atoms with Crippen LogP contribution in [-0.2, 0) is 4.79 Å². The lowest BCUT2D eigenvalue weighted by molar-refractivity contribution is -0.111. The Morgan fingerprint density at radius 1 is 1.03 bits per heavy atom. The van der Waals surface area contributed by atoms with Gasteiger partial charge in [0.25, 0.3) is 0 Å². The van der Waals surface area contributed by atoms with Crippen LogP contribution in [0.25, 0.3) is 27.7 Å². The van der Waals surface area contributed by atoms with Gasteiger partial charge < -0.3 is 19.2 Å². The molecule has 0 spiro atoms. The van der Waals surface area contributed by atoms with Crippen molar-refractivity contribution >= 4 is 39.9 Å². The molecule has 1 N–H and O–H groups in total. The number of carbonyl (C=O) groups is 1. The van der Waals surface area contributed by atoms with Gasteiger partial charge in [0.2, 0.25) is 5.91 Å². The van der Waals surface area contributed by atoms with E-state index in [1.54, 1.807) is 38.3 Å². The zero-order valence-electron chi connectivity index (χ0n) is 19.9. The fourth-order valence-electron chi connectivity index (χ4n) is 4.07. The van der Waals surface area contributed by atoms with E-state index in [9.17, 15) is 4.79 Å². The number of thioether (sulfide) groups is 1. The van der Waals surface area contributed by atoms with Gasteiger partial charge in [0.15, 0.2) is 0 Å². The largest absolute Gasteiger partial charge is 0.496 e. The average molecular weight is 474 g/mol. The van der Waals surface area contributed by atoms with E-state index in [4.69, 9.17) is 13.9 Å². The summed E-state index contributed by atoms with van der Waals surface area (Å²) in [6, 6.07) is 17.6. The molecule has 5 nitrogen and oxygen atoms in total. The Kier molecular flexibility index (Phi) is 6.98. The second-order valence-corrected chi connectivity index (χ2v) is 8.73. The highest BCUT2D eigenvalue weighted by Crippen LogP contribution is 2.42. The van der Waals surface area contributed by atoms with Gasteiger partial charge in [-0.05, 0) is 62.1 Å². The molecule has 0 aliphatic carbocycles. The van der Waals surface area contributed by atoms with E-state index in [-0.39, 0.29) is 5.91 Å². The van der Waals surface area contributed by atoms with E-state index in [0.29, 0.717) is 5.75 Å². The first kappa shape index (κ1) is 23.5. The number of hydrogen-bond donors (Lipinski definition) is 1. The lowest BCUT2D eigenvalue weighted by atomic mass is 9.96. The van der Waals surface area contributed by atoms with Crippen molar-refractivity contribution in [2.45, 2.75) is 18.7 Å². The smallest absolute Gasteiger partial charge is 0.248 e. The molecule has 0 radical (unpaired) electrons. The van der Waals surface area contributed by atoms with Crippen LogP contribution in [0.5, 0.6) is 11.5 Å². The number of methoxy groups -OCH3 is 2. The molecular formula is C28H27NO4S. The molecular weight excluding hydrogens is 446 g/mol. The highest BCUT2D eigenvalue weighted by Gasteiger charge is 2.20. The number of benzene rings is 3. The maximum atomic E-state index is 12.8. The summed E-state index contributed by atoms with van der Waals surface area (Å²) in [6.45, 7) is 3.86. The van der Waals surface area contributed by atoms with Crippen LogP contribution >= 0.6 is 11.8 Å². The molecule has 0 fully saturated rings. The Labute approximate surface area is 203 Å². The molecule has 0 saturated carbocycles. The van der Waals surface area contributed by atoms with Gasteiger partial charge in [-0.25, -0.2) is 0 Å². The van der Waals surface area contributed by atoms with E-state index in [2.05, 4.69) is 5.32 Å². The number of anilines is 1. The maximum Gasteiger partial charge on any atom is 0.248 e. The normalized spacial score (nSPS) is 11.5. The third kappa shape index (κ3) is 4.54. The lowest BCUT2D eigenvalue weighted by Crippen LogP contribution is -2.08. The number of ether oxygens (including phenoxy) is 2. The van der Waals surface area contributed by atoms with Gasteiger partial charge in [-0.15, -0.1) is 11.8 Å². The molecule has 174 valence electrons. The molecule has 0 saturated heterocycles. The Morgan fingerprint density at radius 3 is 2.44 bits per heavy atom. The molecule has 4 rings (SSSR count). The highest BCUT2D eigenvalue weighted by molar-refractivity contribution is 7.98. The molecule has 34 heavy (non-hydrogen) atoms. The van der Waals surface area contributed by atoms with Crippen molar-refractivity contribution in [2.75, 3.05) is 25.8 Å². The number of para-hydroxylation sites is 1. The quantitative estimate of drug-likeness (QED) is 0.227. The topological polar surface area (TPSA) is 60.7 Å². The van der Waals surface area contributed by atoms with Crippen LogP contribution in [0.1, 0.15) is 18.1 Å². The number of amides is 1. The minimum atomic E-state index is -0.202. The number of rotatable bonds is 7. The van der Waals surface area contributed by atoms with Crippen LogP contribution in [0.3, 0.4) is 0 Å². The number of furan rings is 1. The first-order valence-electron chi connectivity index (χ1n) is 10.8. The predicted octanol–water partition coefficient (Wildman–Crippen LogP) is 7.19. The SMILES string of the molecule is COc1ccccc1-c1coc2c(C)c(OC)c(/C(C)=C/C(=O)Nc3ccc(SC)cc3)cc12. The molecule has 0 atom stereocenters. The second kappa shape index (κ2) is 10.1.